The van der Waals surface area contributed by atoms with Crippen LogP contribution >= 0.6 is 15.9 Å². The Morgan fingerprint density at radius 2 is 1.84 bits per heavy atom. The lowest BCUT2D eigenvalue weighted by Gasteiger charge is -2.16. The summed E-state index contributed by atoms with van der Waals surface area (Å²) in [6.07, 6.45) is 3.67. The first kappa shape index (κ1) is 14.0. The second-order valence-electron chi connectivity index (χ2n) is 4.14. The van der Waals surface area contributed by atoms with Crippen molar-refractivity contribution in [3.63, 3.8) is 0 Å². The molecular weight excluding hydrogens is 316 g/mol. The number of hydrogen-bond acceptors (Lipinski definition) is 3. The highest BCUT2D eigenvalue weighted by atomic mass is 79.9. The van der Waals surface area contributed by atoms with Gasteiger partial charge in [0.05, 0.1) is 6.04 Å². The monoisotopic (exact) mass is 327 g/mol. The third-order valence-corrected chi connectivity index (χ3v) is 3.13. The van der Waals surface area contributed by atoms with Gasteiger partial charge in [0.15, 0.2) is 0 Å². The van der Waals surface area contributed by atoms with Crippen molar-refractivity contribution in [1.29, 1.82) is 0 Å². The van der Waals surface area contributed by atoms with Crippen molar-refractivity contribution < 1.29 is 8.78 Å². The fraction of sp³-hybridized carbons (Fsp3) is 0.154. The van der Waals surface area contributed by atoms with Gasteiger partial charge >= 0.3 is 0 Å². The third-order valence-electron chi connectivity index (χ3n) is 2.69. The first-order valence-electron chi connectivity index (χ1n) is 5.60. The van der Waals surface area contributed by atoms with Crippen LogP contribution < -0.4 is 11.3 Å². The molecular formula is C13H12BrF2N3. The van der Waals surface area contributed by atoms with Crippen molar-refractivity contribution in [2.45, 2.75) is 12.5 Å². The van der Waals surface area contributed by atoms with Crippen LogP contribution in [-0.2, 0) is 6.42 Å². The number of nitrogens with one attached hydrogen (secondary N) is 1. The van der Waals surface area contributed by atoms with Gasteiger partial charge in [-0.25, -0.2) is 8.78 Å². The number of benzene rings is 1. The zero-order valence-corrected chi connectivity index (χ0v) is 11.5. The Morgan fingerprint density at radius 1 is 1.16 bits per heavy atom. The molecule has 1 heterocycles. The van der Waals surface area contributed by atoms with E-state index < -0.39 is 11.6 Å². The summed E-state index contributed by atoms with van der Waals surface area (Å²) >= 11 is 3.32. The van der Waals surface area contributed by atoms with Crippen LogP contribution in [0.4, 0.5) is 8.78 Å². The smallest absolute Gasteiger partial charge is 0.126 e. The fourth-order valence-electron chi connectivity index (χ4n) is 1.86. The molecule has 1 aromatic heterocycles. The summed E-state index contributed by atoms with van der Waals surface area (Å²) in [6, 6.07) is 5.01. The molecule has 19 heavy (non-hydrogen) atoms. The average Bonchev–Trinajstić information content (AvgIpc) is 2.34. The van der Waals surface area contributed by atoms with Gasteiger partial charge in [0.2, 0.25) is 0 Å². The number of halogens is 3. The van der Waals surface area contributed by atoms with Crippen molar-refractivity contribution in [3.8, 4) is 0 Å². The molecule has 0 aliphatic rings. The number of rotatable bonds is 4. The largest absolute Gasteiger partial charge is 0.271 e. The maximum atomic E-state index is 13.1. The lowest BCUT2D eigenvalue weighted by molar-refractivity contribution is 0.538. The zero-order chi connectivity index (χ0) is 13.8. The van der Waals surface area contributed by atoms with Gasteiger partial charge in [-0.2, -0.15) is 0 Å². The van der Waals surface area contributed by atoms with E-state index >= 15 is 0 Å². The van der Waals surface area contributed by atoms with Crippen LogP contribution in [0, 0.1) is 11.6 Å². The quantitative estimate of drug-likeness (QED) is 0.670. The summed E-state index contributed by atoms with van der Waals surface area (Å²) in [5.74, 6) is 4.30. The molecule has 0 amide bonds. The molecule has 3 nitrogen and oxygen atoms in total. The van der Waals surface area contributed by atoms with Crippen LogP contribution in [0.1, 0.15) is 17.2 Å². The van der Waals surface area contributed by atoms with Crippen molar-refractivity contribution in [2.24, 2.45) is 5.84 Å². The molecule has 1 atom stereocenters. The van der Waals surface area contributed by atoms with E-state index in [-0.39, 0.29) is 6.04 Å². The highest BCUT2D eigenvalue weighted by Crippen LogP contribution is 2.21. The Morgan fingerprint density at radius 3 is 2.42 bits per heavy atom. The summed E-state index contributed by atoms with van der Waals surface area (Å²) < 4.78 is 27.1. The SMILES string of the molecule is NNC(Cc1cc(F)cc(F)c1)c1cncc(Br)c1. The number of nitrogens with zero attached hydrogens (tertiary/aromatic N) is 1. The molecule has 100 valence electrons. The summed E-state index contributed by atoms with van der Waals surface area (Å²) in [7, 11) is 0. The summed E-state index contributed by atoms with van der Waals surface area (Å²) in [5, 5.41) is 0. The molecule has 0 spiro atoms. The van der Waals surface area contributed by atoms with Gasteiger partial charge in [-0.3, -0.25) is 16.3 Å². The van der Waals surface area contributed by atoms with Gasteiger partial charge in [-0.05, 0) is 51.7 Å². The molecule has 3 N–H and O–H groups in total. The Labute approximate surface area is 117 Å². The molecule has 2 rings (SSSR count). The number of hydrogen-bond donors (Lipinski definition) is 2. The first-order valence-corrected chi connectivity index (χ1v) is 6.39. The normalized spacial score (nSPS) is 12.4. The summed E-state index contributed by atoms with van der Waals surface area (Å²) in [5.41, 5.74) is 3.99. The van der Waals surface area contributed by atoms with Gasteiger partial charge < -0.3 is 0 Å². The maximum Gasteiger partial charge on any atom is 0.126 e. The highest BCUT2D eigenvalue weighted by Gasteiger charge is 2.12. The van der Waals surface area contributed by atoms with Crippen molar-refractivity contribution in [3.05, 3.63) is 63.9 Å². The molecule has 0 aliphatic carbocycles. The Kier molecular flexibility index (Phi) is 4.57. The average molecular weight is 328 g/mol. The summed E-state index contributed by atoms with van der Waals surface area (Å²) in [4.78, 5) is 4.04. The van der Waals surface area contributed by atoms with Crippen LogP contribution in [0.5, 0.6) is 0 Å². The van der Waals surface area contributed by atoms with Crippen molar-refractivity contribution in [2.75, 3.05) is 0 Å². The van der Waals surface area contributed by atoms with E-state index in [0.717, 1.165) is 16.1 Å². The van der Waals surface area contributed by atoms with Gasteiger partial charge in [-0.1, -0.05) is 0 Å². The highest BCUT2D eigenvalue weighted by molar-refractivity contribution is 9.10. The molecule has 0 bridgehead atoms. The minimum absolute atomic E-state index is 0.272. The van der Waals surface area contributed by atoms with Crippen LogP contribution in [0.15, 0.2) is 41.1 Å². The molecule has 1 unspecified atom stereocenters. The van der Waals surface area contributed by atoms with Gasteiger partial charge in [0.25, 0.3) is 0 Å². The Balaban J connectivity index is 2.23. The predicted molar refractivity (Wildman–Crippen MR) is 72.1 cm³/mol. The number of nitrogens with two attached hydrogens (primary N) is 1. The van der Waals surface area contributed by atoms with E-state index in [1.54, 1.807) is 12.4 Å². The van der Waals surface area contributed by atoms with Crippen LogP contribution in [-0.4, -0.2) is 4.98 Å². The molecule has 0 radical (unpaired) electrons. The molecule has 0 fully saturated rings. The van der Waals surface area contributed by atoms with E-state index in [0.29, 0.717) is 12.0 Å². The van der Waals surface area contributed by atoms with Crippen LogP contribution in [0.2, 0.25) is 0 Å². The second-order valence-corrected chi connectivity index (χ2v) is 5.05. The molecule has 0 saturated heterocycles. The van der Waals surface area contributed by atoms with E-state index in [4.69, 9.17) is 5.84 Å². The summed E-state index contributed by atoms with van der Waals surface area (Å²) in [6.45, 7) is 0. The third kappa shape index (κ3) is 3.79. The topological polar surface area (TPSA) is 50.9 Å². The number of hydrazine groups is 1. The lowest BCUT2D eigenvalue weighted by Crippen LogP contribution is -2.29. The van der Waals surface area contributed by atoms with Crippen molar-refractivity contribution >= 4 is 15.9 Å². The van der Waals surface area contributed by atoms with Gasteiger partial charge in [-0.15, -0.1) is 0 Å². The minimum atomic E-state index is -0.599. The standard InChI is InChI=1S/C13H12BrF2N3/c14-10-4-9(6-18-7-10)13(19-17)3-8-1-11(15)5-12(16)2-8/h1-2,4-7,13,19H,3,17H2. The maximum absolute atomic E-state index is 13.1. The van der Waals surface area contributed by atoms with Gasteiger partial charge in [0, 0.05) is 22.9 Å². The zero-order valence-electron chi connectivity index (χ0n) is 9.91. The van der Waals surface area contributed by atoms with Gasteiger partial charge in [0.1, 0.15) is 11.6 Å². The molecule has 6 heteroatoms. The Hall–Kier alpha value is -1.37. The second kappa shape index (κ2) is 6.18. The van der Waals surface area contributed by atoms with Crippen LogP contribution in [0.25, 0.3) is 0 Å². The lowest BCUT2D eigenvalue weighted by atomic mass is 10.0. The molecule has 0 aliphatic heterocycles. The number of aromatic nitrogens is 1. The molecule has 1 aromatic carbocycles. The van der Waals surface area contributed by atoms with E-state index in [1.165, 1.54) is 12.1 Å². The first-order chi connectivity index (χ1) is 9.08. The predicted octanol–water partition coefficient (Wildman–Crippen LogP) is 2.87. The van der Waals surface area contributed by atoms with Crippen molar-refractivity contribution in [1.82, 2.24) is 10.4 Å². The fourth-order valence-corrected chi connectivity index (χ4v) is 2.24. The molecule has 2 aromatic rings. The van der Waals surface area contributed by atoms with E-state index in [9.17, 15) is 8.78 Å². The van der Waals surface area contributed by atoms with E-state index in [1.807, 2.05) is 6.07 Å². The minimum Gasteiger partial charge on any atom is -0.271 e. The van der Waals surface area contributed by atoms with E-state index in [2.05, 4.69) is 26.3 Å². The molecule has 0 saturated carbocycles. The Bertz CT molecular complexity index is 557. The number of pyridine rings is 1. The van der Waals surface area contributed by atoms with Crippen LogP contribution in [0.3, 0.4) is 0 Å².